The predicted molar refractivity (Wildman–Crippen MR) is 112 cm³/mol. The lowest BCUT2D eigenvalue weighted by Gasteiger charge is -2.11. The number of nitrogens with zero attached hydrogens (tertiary/aromatic N) is 1. The van der Waals surface area contributed by atoms with E-state index in [0.717, 1.165) is 27.7 Å². The molecule has 0 fully saturated rings. The number of carbonyl (C=O) groups excluding carboxylic acids is 1. The molecule has 6 heteroatoms. The first-order valence-corrected chi connectivity index (χ1v) is 9.70. The van der Waals surface area contributed by atoms with Gasteiger partial charge in [-0.2, -0.15) is 5.10 Å². The van der Waals surface area contributed by atoms with Gasteiger partial charge in [0.25, 0.3) is 5.91 Å². The lowest BCUT2D eigenvalue weighted by molar-refractivity contribution is 0.0955. The topological polar surface area (TPSA) is 59.9 Å². The summed E-state index contributed by atoms with van der Waals surface area (Å²) < 4.78 is 12.4. The molecule has 5 nitrogen and oxygen atoms in total. The van der Waals surface area contributed by atoms with Gasteiger partial charge in [0.2, 0.25) is 0 Å². The maximum atomic E-state index is 12.1. The molecule has 0 saturated heterocycles. The minimum atomic E-state index is -0.251. The van der Waals surface area contributed by atoms with Gasteiger partial charge < -0.3 is 9.47 Å². The van der Waals surface area contributed by atoms with Crippen LogP contribution >= 0.6 is 22.6 Å². The number of hydrazone groups is 1. The van der Waals surface area contributed by atoms with Crippen molar-refractivity contribution in [3.63, 3.8) is 0 Å². The maximum Gasteiger partial charge on any atom is 0.271 e. The number of carbonyl (C=O) groups is 1. The molecule has 26 heavy (non-hydrogen) atoms. The van der Waals surface area contributed by atoms with Crippen LogP contribution in [-0.2, 0) is 0 Å². The van der Waals surface area contributed by atoms with Gasteiger partial charge in [0.05, 0.1) is 19.4 Å². The highest BCUT2D eigenvalue weighted by Crippen LogP contribution is 2.24. The number of hydrogen-bond acceptors (Lipinski definition) is 4. The van der Waals surface area contributed by atoms with Crippen LogP contribution in [0.4, 0.5) is 0 Å². The van der Waals surface area contributed by atoms with E-state index < -0.39 is 0 Å². The Labute approximate surface area is 167 Å². The normalized spacial score (nSPS) is 10.7. The van der Waals surface area contributed by atoms with Crippen LogP contribution in [0.1, 0.15) is 42.6 Å². The number of halogens is 1. The molecule has 2 aromatic carbocycles. The predicted octanol–water partition coefficient (Wildman–Crippen LogP) is 4.63. The van der Waals surface area contributed by atoms with Gasteiger partial charge in [-0.1, -0.05) is 19.9 Å². The summed E-state index contributed by atoms with van der Waals surface area (Å²) >= 11 is 2.17. The van der Waals surface area contributed by atoms with Gasteiger partial charge in [0.1, 0.15) is 11.5 Å². The van der Waals surface area contributed by atoms with Crippen molar-refractivity contribution in [1.29, 1.82) is 0 Å². The molecule has 0 atom stereocenters. The van der Waals surface area contributed by atoms with E-state index in [9.17, 15) is 4.79 Å². The van der Waals surface area contributed by atoms with Gasteiger partial charge in [-0.3, -0.25) is 4.79 Å². The van der Waals surface area contributed by atoms with Crippen molar-refractivity contribution in [2.24, 2.45) is 5.10 Å². The van der Waals surface area contributed by atoms with Gasteiger partial charge in [0.15, 0.2) is 0 Å². The van der Waals surface area contributed by atoms with Gasteiger partial charge in [-0.15, -0.1) is 0 Å². The third-order valence-corrected chi connectivity index (χ3v) is 4.05. The first-order valence-electron chi connectivity index (χ1n) is 8.62. The molecule has 0 aromatic heterocycles. The molecular weight excluding hydrogens is 443 g/mol. The van der Waals surface area contributed by atoms with Gasteiger partial charge in [0, 0.05) is 20.8 Å². The fourth-order valence-corrected chi connectivity index (χ4v) is 2.67. The molecule has 0 aliphatic carbocycles. The molecule has 0 radical (unpaired) electrons. The fraction of sp³-hybridized carbons (Fsp3) is 0.300. The first-order chi connectivity index (χ1) is 12.6. The minimum Gasteiger partial charge on any atom is -0.493 e. The van der Waals surface area contributed by atoms with Crippen molar-refractivity contribution in [3.05, 3.63) is 57.2 Å². The summed E-state index contributed by atoms with van der Waals surface area (Å²) in [5.41, 5.74) is 3.90. The number of hydrogen-bond donors (Lipinski definition) is 1. The highest BCUT2D eigenvalue weighted by molar-refractivity contribution is 14.1. The molecule has 0 heterocycles. The van der Waals surface area contributed by atoms with Crippen LogP contribution in [0.5, 0.6) is 11.5 Å². The smallest absolute Gasteiger partial charge is 0.271 e. The Balaban J connectivity index is 2.08. The number of benzene rings is 2. The highest BCUT2D eigenvalue weighted by atomic mass is 127. The summed E-state index contributed by atoms with van der Waals surface area (Å²) in [6.07, 6.45) is 3.43. The molecule has 0 aliphatic heterocycles. The maximum absolute atomic E-state index is 12.1. The lowest BCUT2D eigenvalue weighted by atomic mass is 10.2. The van der Waals surface area contributed by atoms with Crippen molar-refractivity contribution in [3.8, 4) is 11.5 Å². The van der Waals surface area contributed by atoms with Crippen molar-refractivity contribution < 1.29 is 14.3 Å². The van der Waals surface area contributed by atoms with Gasteiger partial charge in [-0.25, -0.2) is 5.43 Å². The Hall–Kier alpha value is -2.09. The summed E-state index contributed by atoms with van der Waals surface area (Å²) in [4.78, 5) is 12.1. The summed E-state index contributed by atoms with van der Waals surface area (Å²) in [6.45, 7) is 5.37. The SMILES string of the molecule is CCCOc1ccc(/C=N/NC(=O)c2cccc(I)c2)c(OCCC)c1. The Bertz CT molecular complexity index is 762. The van der Waals surface area contributed by atoms with Crippen molar-refractivity contribution in [2.45, 2.75) is 26.7 Å². The Morgan fingerprint density at radius 1 is 1.12 bits per heavy atom. The number of nitrogens with one attached hydrogen (secondary N) is 1. The molecule has 0 saturated carbocycles. The van der Waals surface area contributed by atoms with Gasteiger partial charge >= 0.3 is 0 Å². The first kappa shape index (κ1) is 20.2. The fourth-order valence-electron chi connectivity index (χ4n) is 2.12. The van der Waals surface area contributed by atoms with Crippen LogP contribution in [0, 0.1) is 3.57 Å². The average Bonchev–Trinajstić information content (AvgIpc) is 2.65. The zero-order chi connectivity index (χ0) is 18.8. The second-order valence-electron chi connectivity index (χ2n) is 5.61. The largest absolute Gasteiger partial charge is 0.493 e. The molecule has 1 N–H and O–H groups in total. The summed E-state index contributed by atoms with van der Waals surface area (Å²) in [7, 11) is 0. The van der Waals surface area contributed by atoms with E-state index in [-0.39, 0.29) is 5.91 Å². The Morgan fingerprint density at radius 3 is 2.62 bits per heavy atom. The standard InChI is InChI=1S/C20H23IN2O3/c1-3-10-25-18-9-8-16(19(13-18)26-11-4-2)14-22-23-20(24)15-6-5-7-17(21)12-15/h5-9,12-14H,3-4,10-11H2,1-2H3,(H,23,24)/b22-14+. The zero-order valence-electron chi connectivity index (χ0n) is 15.0. The summed E-state index contributed by atoms with van der Waals surface area (Å²) in [6, 6.07) is 12.9. The third kappa shape index (κ3) is 6.33. The third-order valence-electron chi connectivity index (χ3n) is 3.38. The van der Waals surface area contributed by atoms with Gasteiger partial charge in [-0.05, 0) is 65.8 Å². The molecular formula is C20H23IN2O3. The van der Waals surface area contributed by atoms with E-state index in [1.165, 1.54) is 0 Å². The molecule has 138 valence electrons. The van der Waals surface area contributed by atoms with Crippen LogP contribution < -0.4 is 14.9 Å². The second-order valence-corrected chi connectivity index (χ2v) is 6.85. The van der Waals surface area contributed by atoms with E-state index in [0.29, 0.717) is 24.5 Å². The minimum absolute atomic E-state index is 0.251. The molecule has 2 rings (SSSR count). The highest BCUT2D eigenvalue weighted by Gasteiger charge is 2.06. The van der Waals surface area contributed by atoms with E-state index in [1.54, 1.807) is 18.3 Å². The van der Waals surface area contributed by atoms with E-state index in [1.807, 2.05) is 37.3 Å². The average molecular weight is 466 g/mol. The molecule has 0 aliphatic rings. The Morgan fingerprint density at radius 2 is 1.88 bits per heavy atom. The number of rotatable bonds is 9. The summed E-state index contributed by atoms with van der Waals surface area (Å²) in [5.74, 6) is 1.20. The molecule has 0 spiro atoms. The molecule has 1 amide bonds. The summed E-state index contributed by atoms with van der Waals surface area (Å²) in [5, 5.41) is 4.06. The van der Waals surface area contributed by atoms with Crippen LogP contribution in [0.25, 0.3) is 0 Å². The molecule has 0 unspecified atom stereocenters. The van der Waals surface area contributed by atoms with Crippen LogP contribution in [-0.4, -0.2) is 25.3 Å². The van der Waals surface area contributed by atoms with Crippen molar-refractivity contribution in [2.75, 3.05) is 13.2 Å². The van der Waals surface area contributed by atoms with E-state index >= 15 is 0 Å². The van der Waals surface area contributed by atoms with Crippen LogP contribution in [0.15, 0.2) is 47.6 Å². The molecule has 2 aromatic rings. The second kappa shape index (κ2) is 10.8. The van der Waals surface area contributed by atoms with E-state index in [4.69, 9.17) is 9.47 Å². The lowest BCUT2D eigenvalue weighted by Crippen LogP contribution is -2.17. The molecule has 0 bridgehead atoms. The Kier molecular flexibility index (Phi) is 8.40. The number of ether oxygens (including phenoxy) is 2. The van der Waals surface area contributed by atoms with Crippen LogP contribution in [0.2, 0.25) is 0 Å². The quantitative estimate of drug-likeness (QED) is 0.333. The monoisotopic (exact) mass is 466 g/mol. The van der Waals surface area contributed by atoms with Crippen LogP contribution in [0.3, 0.4) is 0 Å². The van der Waals surface area contributed by atoms with Crippen molar-refractivity contribution in [1.82, 2.24) is 5.43 Å². The number of amides is 1. The zero-order valence-corrected chi connectivity index (χ0v) is 17.2. The van der Waals surface area contributed by atoms with E-state index in [2.05, 4.69) is 40.0 Å². The van der Waals surface area contributed by atoms with Crippen molar-refractivity contribution >= 4 is 34.7 Å².